The molecule has 33 heavy (non-hydrogen) atoms. The molecule has 2 heterocycles. The summed E-state index contributed by atoms with van der Waals surface area (Å²) in [7, 11) is 0. The summed E-state index contributed by atoms with van der Waals surface area (Å²) < 4.78 is 16.2. The summed E-state index contributed by atoms with van der Waals surface area (Å²) in [5.41, 5.74) is 7.88. The van der Waals surface area contributed by atoms with E-state index in [-0.39, 0.29) is 12.0 Å². The maximum atomic E-state index is 5.97. The van der Waals surface area contributed by atoms with Gasteiger partial charge in [-0.1, -0.05) is 51.4 Å². The van der Waals surface area contributed by atoms with E-state index in [4.69, 9.17) is 26.8 Å². The van der Waals surface area contributed by atoms with Crippen LogP contribution in [-0.2, 0) is 6.61 Å². The highest BCUT2D eigenvalue weighted by Crippen LogP contribution is 2.32. The van der Waals surface area contributed by atoms with E-state index in [1.165, 1.54) is 0 Å². The third-order valence-corrected chi connectivity index (χ3v) is 6.39. The Kier molecular flexibility index (Phi) is 6.20. The summed E-state index contributed by atoms with van der Waals surface area (Å²) in [5.74, 6) is 2.14. The van der Waals surface area contributed by atoms with Gasteiger partial charge in [0.15, 0.2) is 0 Å². The molecule has 5 rings (SSSR count). The van der Waals surface area contributed by atoms with Crippen molar-refractivity contribution in [2.24, 2.45) is 10.2 Å². The second kappa shape index (κ2) is 9.41. The predicted octanol–water partition coefficient (Wildman–Crippen LogP) is 5.84. The Balaban J connectivity index is 1.33. The van der Waals surface area contributed by atoms with Gasteiger partial charge in [-0.2, -0.15) is 4.98 Å². The van der Waals surface area contributed by atoms with Crippen LogP contribution in [0.2, 0.25) is 0 Å². The monoisotopic (exact) mass is 525 g/mol. The third kappa shape index (κ3) is 4.67. The zero-order chi connectivity index (χ0) is 22.8. The van der Waals surface area contributed by atoms with Crippen molar-refractivity contribution in [2.75, 3.05) is 6.54 Å². The van der Waals surface area contributed by atoms with Crippen molar-refractivity contribution >= 4 is 44.4 Å². The van der Waals surface area contributed by atoms with Gasteiger partial charge in [-0.3, -0.25) is 0 Å². The lowest BCUT2D eigenvalue weighted by Gasteiger charge is -2.21. The molecule has 1 aliphatic rings. The molecule has 3 aromatic carbocycles. The standard InChI is InChI=1S/C24H21BrClN5O2/c25-19-4-1-3-15(11-19)14-32-20-9-8-16-12-18(7-6-17(16)13-20)22-28-23(33-30-22)21-5-2-10-31(21)24(27)29-26/h1,3-4,6-9,11-13,21H,2,5,10,14H2,(H2,27,29)/t21-/m0/s1. The van der Waals surface area contributed by atoms with Gasteiger partial charge >= 0.3 is 0 Å². The first-order valence-electron chi connectivity index (χ1n) is 10.6. The minimum absolute atomic E-state index is 0.112. The summed E-state index contributed by atoms with van der Waals surface area (Å²) in [6.07, 6.45) is 1.81. The van der Waals surface area contributed by atoms with Gasteiger partial charge in [-0.15, -0.1) is 4.51 Å². The number of guanidine groups is 1. The quantitative estimate of drug-likeness (QED) is 0.260. The van der Waals surface area contributed by atoms with Crippen LogP contribution < -0.4 is 10.5 Å². The molecule has 1 saturated heterocycles. The number of rotatable bonds is 5. The van der Waals surface area contributed by atoms with E-state index in [0.717, 1.165) is 51.5 Å². The Morgan fingerprint density at radius 1 is 1.18 bits per heavy atom. The fourth-order valence-corrected chi connectivity index (χ4v) is 4.62. The number of nitrogens with two attached hydrogens (primary N) is 1. The second-order valence-electron chi connectivity index (χ2n) is 7.89. The van der Waals surface area contributed by atoms with Crippen LogP contribution in [0.1, 0.15) is 30.3 Å². The number of likely N-dealkylation sites (tertiary alicyclic amines) is 1. The fraction of sp³-hybridized carbons (Fsp3) is 0.208. The molecule has 0 bridgehead atoms. The van der Waals surface area contributed by atoms with Crippen LogP contribution in [0.5, 0.6) is 5.75 Å². The van der Waals surface area contributed by atoms with Gasteiger partial charge in [0.2, 0.25) is 17.7 Å². The number of halogens is 2. The number of aromatic nitrogens is 2. The van der Waals surface area contributed by atoms with Crippen molar-refractivity contribution in [2.45, 2.75) is 25.5 Å². The minimum atomic E-state index is -0.112. The maximum Gasteiger partial charge on any atom is 0.249 e. The molecule has 0 radical (unpaired) electrons. The van der Waals surface area contributed by atoms with Crippen LogP contribution in [0, 0.1) is 0 Å². The van der Waals surface area contributed by atoms with Crippen LogP contribution in [0.4, 0.5) is 0 Å². The fourth-order valence-electron chi connectivity index (χ4n) is 4.08. The maximum absolute atomic E-state index is 5.97. The first kappa shape index (κ1) is 21.7. The zero-order valence-corrected chi connectivity index (χ0v) is 20.0. The first-order chi connectivity index (χ1) is 16.1. The molecule has 168 valence electrons. The predicted molar refractivity (Wildman–Crippen MR) is 132 cm³/mol. The molecule has 1 aromatic heterocycles. The van der Waals surface area contributed by atoms with Gasteiger partial charge < -0.3 is 19.9 Å². The smallest absolute Gasteiger partial charge is 0.249 e. The van der Waals surface area contributed by atoms with Gasteiger partial charge in [0.25, 0.3) is 0 Å². The molecule has 0 saturated carbocycles. The average Bonchev–Trinajstić information content (AvgIpc) is 3.52. The van der Waals surface area contributed by atoms with E-state index in [9.17, 15) is 0 Å². The molecule has 1 fully saturated rings. The summed E-state index contributed by atoms with van der Waals surface area (Å²) in [6.45, 7) is 1.26. The van der Waals surface area contributed by atoms with Crippen molar-refractivity contribution < 1.29 is 9.26 Å². The SMILES string of the molecule is NC(=NCl)N1CCC[C@H]1c1nc(-c2ccc3cc(OCc4cccc(Br)c4)ccc3c2)no1. The van der Waals surface area contributed by atoms with Crippen LogP contribution in [0.3, 0.4) is 0 Å². The number of benzene rings is 3. The average molecular weight is 527 g/mol. The van der Waals surface area contributed by atoms with E-state index in [0.29, 0.717) is 18.3 Å². The highest BCUT2D eigenvalue weighted by molar-refractivity contribution is 9.10. The molecular weight excluding hydrogens is 506 g/mol. The lowest BCUT2D eigenvalue weighted by atomic mass is 10.1. The van der Waals surface area contributed by atoms with Gasteiger partial charge in [0.1, 0.15) is 18.4 Å². The molecule has 1 atom stereocenters. The summed E-state index contributed by atoms with van der Waals surface area (Å²) in [4.78, 5) is 6.51. The van der Waals surface area contributed by atoms with Crippen LogP contribution in [0.25, 0.3) is 22.2 Å². The molecule has 0 amide bonds. The van der Waals surface area contributed by atoms with Crippen LogP contribution >= 0.6 is 27.7 Å². The minimum Gasteiger partial charge on any atom is -0.489 e. The number of nitrogens with zero attached hydrogens (tertiary/aromatic N) is 4. The summed E-state index contributed by atoms with van der Waals surface area (Å²) >= 11 is 9.04. The number of ether oxygens (including phenoxy) is 1. The molecule has 7 nitrogen and oxygen atoms in total. The molecule has 0 aliphatic carbocycles. The number of hydrogen-bond donors (Lipinski definition) is 1. The highest BCUT2D eigenvalue weighted by Gasteiger charge is 2.32. The Bertz CT molecular complexity index is 1330. The molecular formula is C24H21BrClN5O2. The molecule has 2 N–H and O–H groups in total. The summed E-state index contributed by atoms with van der Waals surface area (Å²) in [5, 5.41) is 6.33. The molecule has 4 aromatic rings. The largest absolute Gasteiger partial charge is 0.489 e. The molecule has 0 unspecified atom stereocenters. The van der Waals surface area contributed by atoms with Crippen LogP contribution in [-0.4, -0.2) is 27.5 Å². The van der Waals surface area contributed by atoms with Gasteiger partial charge in [0, 0.05) is 28.4 Å². The molecule has 0 spiro atoms. The second-order valence-corrected chi connectivity index (χ2v) is 8.98. The lowest BCUT2D eigenvalue weighted by Crippen LogP contribution is -2.36. The normalized spacial score (nSPS) is 16.5. The first-order valence-corrected chi connectivity index (χ1v) is 11.7. The van der Waals surface area contributed by atoms with E-state index in [1.807, 2.05) is 65.6 Å². The Labute approximate surface area is 204 Å². The highest BCUT2D eigenvalue weighted by atomic mass is 79.9. The topological polar surface area (TPSA) is 89.8 Å². The van der Waals surface area contributed by atoms with E-state index in [2.05, 4.69) is 30.6 Å². The van der Waals surface area contributed by atoms with Gasteiger partial charge in [0.05, 0.1) is 0 Å². The van der Waals surface area contributed by atoms with Crippen molar-refractivity contribution in [1.82, 2.24) is 15.0 Å². The van der Waals surface area contributed by atoms with Crippen molar-refractivity contribution in [1.29, 1.82) is 0 Å². The Hall–Kier alpha value is -3.10. The van der Waals surface area contributed by atoms with Gasteiger partial charge in [-0.25, -0.2) is 0 Å². The van der Waals surface area contributed by atoms with Crippen molar-refractivity contribution in [3.63, 3.8) is 0 Å². The van der Waals surface area contributed by atoms with Crippen LogP contribution in [0.15, 0.2) is 74.2 Å². The van der Waals surface area contributed by atoms with Crippen molar-refractivity contribution in [3.05, 3.63) is 76.6 Å². The molecule has 1 aliphatic heterocycles. The van der Waals surface area contributed by atoms with Crippen molar-refractivity contribution in [3.8, 4) is 17.1 Å². The Morgan fingerprint density at radius 2 is 2.03 bits per heavy atom. The van der Waals surface area contributed by atoms with E-state index < -0.39 is 0 Å². The Morgan fingerprint density at radius 3 is 2.88 bits per heavy atom. The van der Waals surface area contributed by atoms with Gasteiger partial charge in [-0.05, 0) is 59.5 Å². The summed E-state index contributed by atoms with van der Waals surface area (Å²) in [6, 6.07) is 20.1. The molecule has 9 heteroatoms. The van der Waals surface area contributed by atoms with E-state index >= 15 is 0 Å². The lowest BCUT2D eigenvalue weighted by molar-refractivity contribution is 0.284. The number of hydrogen-bond acceptors (Lipinski definition) is 5. The zero-order valence-electron chi connectivity index (χ0n) is 17.6. The van der Waals surface area contributed by atoms with E-state index in [1.54, 1.807) is 0 Å². The third-order valence-electron chi connectivity index (χ3n) is 5.72. The number of fused-ring (bicyclic) bond motifs is 1.